The van der Waals surface area contributed by atoms with Gasteiger partial charge < -0.3 is 19.1 Å². The molecule has 1 atom stereocenters. The van der Waals surface area contributed by atoms with Crippen molar-refractivity contribution in [1.29, 1.82) is 0 Å². The zero-order chi connectivity index (χ0) is 27.6. The molecule has 0 saturated heterocycles. The van der Waals surface area contributed by atoms with E-state index in [1.54, 1.807) is 19.1 Å². The number of hydrogen-bond acceptors (Lipinski definition) is 5. The minimum absolute atomic E-state index is 0.144. The molecule has 0 bridgehead atoms. The van der Waals surface area contributed by atoms with E-state index in [4.69, 9.17) is 9.47 Å². The zero-order valence-corrected chi connectivity index (χ0v) is 21.4. The molecule has 1 aliphatic heterocycles. The van der Waals surface area contributed by atoms with Crippen LogP contribution in [0.4, 0.5) is 18.9 Å². The van der Waals surface area contributed by atoms with E-state index in [0.29, 0.717) is 30.0 Å². The summed E-state index contributed by atoms with van der Waals surface area (Å²) in [6, 6.07) is 16.7. The third kappa shape index (κ3) is 6.02. The average Bonchev–Trinajstić information content (AvgIpc) is 3.24. The maximum atomic E-state index is 13.1. The van der Waals surface area contributed by atoms with Crippen LogP contribution in [0.15, 0.2) is 60.7 Å². The molecule has 0 saturated carbocycles. The van der Waals surface area contributed by atoms with Crippen LogP contribution >= 0.6 is 0 Å². The van der Waals surface area contributed by atoms with Crippen molar-refractivity contribution in [2.45, 2.75) is 58.0 Å². The van der Waals surface area contributed by atoms with Crippen molar-refractivity contribution in [1.82, 2.24) is 0 Å². The van der Waals surface area contributed by atoms with E-state index >= 15 is 0 Å². The summed E-state index contributed by atoms with van der Waals surface area (Å²) in [5, 5.41) is 0. The van der Waals surface area contributed by atoms with Crippen molar-refractivity contribution in [3.05, 3.63) is 88.5 Å². The van der Waals surface area contributed by atoms with Gasteiger partial charge in [-0.3, -0.25) is 9.59 Å². The van der Waals surface area contributed by atoms with Crippen molar-refractivity contribution in [2.75, 3.05) is 11.5 Å². The van der Waals surface area contributed by atoms with Crippen LogP contribution in [-0.4, -0.2) is 24.8 Å². The van der Waals surface area contributed by atoms with Gasteiger partial charge in [0.2, 0.25) is 0 Å². The van der Waals surface area contributed by atoms with Crippen molar-refractivity contribution < 1.29 is 37.0 Å². The molecule has 1 unspecified atom stereocenters. The molecule has 3 aromatic carbocycles. The van der Waals surface area contributed by atoms with Gasteiger partial charge in [0.05, 0.1) is 19.6 Å². The highest BCUT2D eigenvalue weighted by Gasteiger charge is 2.33. The summed E-state index contributed by atoms with van der Waals surface area (Å²) in [5.41, 5.74) is 5.04. The number of alkyl halides is 3. The fourth-order valence-corrected chi connectivity index (χ4v) is 5.34. The number of aryl methyl sites for hydroxylation is 1. The van der Waals surface area contributed by atoms with Crippen LogP contribution in [0.3, 0.4) is 0 Å². The Labute approximate surface area is 224 Å². The van der Waals surface area contributed by atoms with Gasteiger partial charge in [0.25, 0.3) is 5.91 Å². The highest BCUT2D eigenvalue weighted by Crippen LogP contribution is 2.37. The molecule has 1 heterocycles. The first kappa shape index (κ1) is 26.6. The standard InChI is InChI=1S/C30H28F3NO5/c1-2-37-28(35)16-20-6-3-5-19-15-24(13-14-25(19)20)38-18-21-7-4-8-26-27(21)17-34(29(26)36)22-9-11-23(12-10-22)39-30(31,32)33/h4,7-15,20H,2-3,5-6,16-18H2,1H3. The number of rotatable bonds is 8. The molecule has 3 aromatic rings. The molecule has 1 amide bonds. The van der Waals surface area contributed by atoms with Gasteiger partial charge in [-0.1, -0.05) is 18.2 Å². The smallest absolute Gasteiger partial charge is 0.489 e. The summed E-state index contributed by atoms with van der Waals surface area (Å²) in [4.78, 5) is 26.6. The first-order valence-corrected chi connectivity index (χ1v) is 12.9. The lowest BCUT2D eigenvalue weighted by Crippen LogP contribution is -2.23. The second kappa shape index (κ2) is 11.0. The Hall–Kier alpha value is -4.01. The third-order valence-electron chi connectivity index (χ3n) is 7.11. The summed E-state index contributed by atoms with van der Waals surface area (Å²) in [5.74, 6) is 0.109. The maximum absolute atomic E-state index is 13.1. The van der Waals surface area contributed by atoms with Crippen LogP contribution in [0.1, 0.15) is 64.7 Å². The molecule has 39 heavy (non-hydrogen) atoms. The molecule has 0 N–H and O–H groups in total. The van der Waals surface area contributed by atoms with E-state index < -0.39 is 6.36 Å². The van der Waals surface area contributed by atoms with Gasteiger partial charge in [-0.25, -0.2) is 0 Å². The summed E-state index contributed by atoms with van der Waals surface area (Å²) in [6.45, 7) is 2.72. The van der Waals surface area contributed by atoms with E-state index in [-0.39, 0.29) is 36.7 Å². The number of esters is 1. The molecule has 204 valence electrons. The first-order chi connectivity index (χ1) is 18.7. The van der Waals surface area contributed by atoms with Gasteiger partial charge >= 0.3 is 12.3 Å². The number of fused-ring (bicyclic) bond motifs is 2. The summed E-state index contributed by atoms with van der Waals surface area (Å²) in [7, 11) is 0. The number of nitrogens with zero attached hydrogens (tertiary/aromatic N) is 1. The number of halogens is 3. The molecular formula is C30H28F3NO5. The monoisotopic (exact) mass is 539 g/mol. The van der Waals surface area contributed by atoms with E-state index in [1.807, 2.05) is 24.3 Å². The van der Waals surface area contributed by atoms with Crippen LogP contribution in [0.2, 0.25) is 0 Å². The molecule has 1 aliphatic carbocycles. The van der Waals surface area contributed by atoms with Gasteiger partial charge in [-0.2, -0.15) is 0 Å². The number of anilines is 1. The minimum atomic E-state index is -4.78. The molecule has 6 nitrogen and oxygen atoms in total. The molecular weight excluding hydrogens is 511 g/mol. The van der Waals surface area contributed by atoms with Gasteiger partial charge in [-0.15, -0.1) is 13.2 Å². The van der Waals surface area contributed by atoms with Gasteiger partial charge in [0.15, 0.2) is 0 Å². The number of ether oxygens (including phenoxy) is 3. The van der Waals surface area contributed by atoms with Crippen LogP contribution in [-0.2, 0) is 29.1 Å². The second-order valence-electron chi connectivity index (χ2n) is 9.62. The number of carbonyl (C=O) groups is 2. The lowest BCUT2D eigenvalue weighted by atomic mass is 9.81. The number of carbonyl (C=O) groups excluding carboxylic acids is 2. The fraction of sp³-hybridized carbons (Fsp3) is 0.333. The predicted molar refractivity (Wildman–Crippen MR) is 138 cm³/mol. The molecule has 0 radical (unpaired) electrons. The van der Waals surface area contributed by atoms with Crippen molar-refractivity contribution in [3.63, 3.8) is 0 Å². The van der Waals surface area contributed by atoms with Gasteiger partial charge in [0, 0.05) is 11.3 Å². The van der Waals surface area contributed by atoms with Crippen LogP contribution in [0, 0.1) is 0 Å². The third-order valence-corrected chi connectivity index (χ3v) is 7.11. The molecule has 2 aliphatic rings. The largest absolute Gasteiger partial charge is 0.573 e. The SMILES string of the molecule is CCOC(=O)CC1CCCc2cc(OCc3cccc4c3CN(c3ccc(OC(F)(F)F)cc3)C4=O)ccc21. The molecule has 0 spiro atoms. The topological polar surface area (TPSA) is 65.1 Å². The molecule has 5 rings (SSSR count). The average molecular weight is 540 g/mol. The van der Waals surface area contributed by atoms with Crippen LogP contribution in [0.5, 0.6) is 11.5 Å². The number of benzene rings is 3. The van der Waals surface area contributed by atoms with Crippen molar-refractivity contribution >= 4 is 17.6 Å². The van der Waals surface area contributed by atoms with E-state index in [1.165, 1.54) is 34.7 Å². The molecule has 0 aromatic heterocycles. The predicted octanol–water partition coefficient (Wildman–Crippen LogP) is 6.70. The highest BCUT2D eigenvalue weighted by atomic mass is 19.4. The molecule has 0 fully saturated rings. The first-order valence-electron chi connectivity index (χ1n) is 12.9. The highest BCUT2D eigenvalue weighted by molar-refractivity contribution is 6.10. The lowest BCUT2D eigenvalue weighted by Gasteiger charge is -2.25. The molecule has 9 heteroatoms. The van der Waals surface area contributed by atoms with Crippen molar-refractivity contribution in [3.8, 4) is 11.5 Å². The summed E-state index contributed by atoms with van der Waals surface area (Å²) < 4.78 is 52.6. The Morgan fingerprint density at radius 2 is 1.82 bits per heavy atom. The number of hydrogen-bond donors (Lipinski definition) is 0. The van der Waals surface area contributed by atoms with Crippen LogP contribution in [0.25, 0.3) is 0 Å². The van der Waals surface area contributed by atoms with Crippen molar-refractivity contribution in [2.24, 2.45) is 0 Å². The Balaban J connectivity index is 1.27. The lowest BCUT2D eigenvalue weighted by molar-refractivity contribution is -0.274. The van der Waals surface area contributed by atoms with Gasteiger partial charge in [-0.05, 0) is 96.8 Å². The Kier molecular flexibility index (Phi) is 7.50. The fourth-order valence-electron chi connectivity index (χ4n) is 5.34. The minimum Gasteiger partial charge on any atom is -0.489 e. The number of amides is 1. The maximum Gasteiger partial charge on any atom is 0.573 e. The van der Waals surface area contributed by atoms with E-state index in [9.17, 15) is 22.8 Å². The summed E-state index contributed by atoms with van der Waals surface area (Å²) in [6.07, 6.45) is -1.54. The normalized spacial score (nSPS) is 16.5. The second-order valence-corrected chi connectivity index (χ2v) is 9.62. The Morgan fingerprint density at radius 3 is 2.56 bits per heavy atom. The van der Waals surface area contributed by atoms with Crippen LogP contribution < -0.4 is 14.4 Å². The Morgan fingerprint density at radius 1 is 1.05 bits per heavy atom. The Bertz CT molecular complexity index is 1370. The van der Waals surface area contributed by atoms with E-state index in [0.717, 1.165) is 36.0 Å². The quantitative estimate of drug-likeness (QED) is 0.298. The zero-order valence-electron chi connectivity index (χ0n) is 21.4. The van der Waals surface area contributed by atoms with Gasteiger partial charge in [0.1, 0.15) is 18.1 Å². The summed E-state index contributed by atoms with van der Waals surface area (Å²) >= 11 is 0. The van der Waals surface area contributed by atoms with E-state index in [2.05, 4.69) is 4.74 Å².